The van der Waals surface area contributed by atoms with E-state index in [0.717, 1.165) is 19.4 Å². The average molecular weight is 429 g/mol. The molecule has 0 aromatic rings. The molecule has 0 aliphatic heterocycles. The molecule has 0 aliphatic carbocycles. The van der Waals surface area contributed by atoms with E-state index in [1.165, 1.54) is 0 Å². The summed E-state index contributed by atoms with van der Waals surface area (Å²) in [6.07, 6.45) is 1.92. The third-order valence-corrected chi connectivity index (χ3v) is 2.88. The van der Waals surface area contributed by atoms with Crippen LogP contribution in [0.3, 0.4) is 0 Å². The van der Waals surface area contributed by atoms with Crippen molar-refractivity contribution in [3.05, 3.63) is 14.5 Å². The molecule has 161 valence electrons. The zero-order valence-corrected chi connectivity index (χ0v) is 18.9. The number of hydrogen-bond donors (Lipinski definition) is 3. The molecule has 27 heavy (non-hydrogen) atoms. The summed E-state index contributed by atoms with van der Waals surface area (Å²) in [7, 11) is 3.26. The summed E-state index contributed by atoms with van der Waals surface area (Å²) in [6.45, 7) is 10.4. The van der Waals surface area contributed by atoms with E-state index < -0.39 is 12.2 Å². The molecule has 0 atom stereocenters. The van der Waals surface area contributed by atoms with E-state index in [-0.39, 0.29) is 37.8 Å². The van der Waals surface area contributed by atoms with Gasteiger partial charge in [-0.25, -0.2) is 7.11 Å². The number of aliphatic hydroxyl groups excluding tert-OH is 1. The Hall–Kier alpha value is -0.636. The maximum atomic E-state index is 11.5. The van der Waals surface area contributed by atoms with Gasteiger partial charge in [0.1, 0.15) is 12.2 Å². The van der Waals surface area contributed by atoms with Gasteiger partial charge in [-0.1, -0.05) is 13.8 Å². The van der Waals surface area contributed by atoms with Crippen molar-refractivity contribution < 1.29 is 47.5 Å². The van der Waals surface area contributed by atoms with Gasteiger partial charge in [0.25, 0.3) is 0 Å². The van der Waals surface area contributed by atoms with Crippen LogP contribution in [-0.2, 0) is 42.4 Å². The van der Waals surface area contributed by atoms with E-state index >= 15 is 0 Å². The number of rotatable bonds is 13. The third-order valence-electron chi connectivity index (χ3n) is 2.88. The van der Waals surface area contributed by atoms with E-state index in [2.05, 4.69) is 24.7 Å². The van der Waals surface area contributed by atoms with Crippen LogP contribution in [0.15, 0.2) is 0 Å². The number of hydrogen-bond acceptors (Lipinski definition) is 6. The molecule has 1 radical (unpaired) electrons. The van der Waals surface area contributed by atoms with Gasteiger partial charge in [0.05, 0.1) is 19.8 Å². The maximum Gasteiger partial charge on any atom is 2.00 e. The van der Waals surface area contributed by atoms with Crippen LogP contribution in [0.4, 0.5) is 0 Å². The van der Waals surface area contributed by atoms with Crippen molar-refractivity contribution in [1.29, 1.82) is 0 Å². The Balaban J connectivity index is -0.000000226. The first-order valence-electron chi connectivity index (χ1n) is 8.60. The van der Waals surface area contributed by atoms with Gasteiger partial charge in [-0.15, -0.1) is 0 Å². The molecule has 0 bridgehead atoms. The molecule has 8 nitrogen and oxygen atoms in total. The number of aliphatic hydroxyl groups is 1. The second-order valence-corrected chi connectivity index (χ2v) is 5.64. The van der Waals surface area contributed by atoms with E-state index in [4.69, 9.17) is 19.3 Å². The third kappa shape index (κ3) is 23.3. The van der Waals surface area contributed by atoms with Crippen molar-refractivity contribution in [2.75, 3.05) is 46.1 Å². The molecule has 9 heteroatoms. The van der Waals surface area contributed by atoms with Crippen molar-refractivity contribution in [3.63, 3.8) is 0 Å². The fourth-order valence-corrected chi connectivity index (χ4v) is 1.30. The zero-order valence-electron chi connectivity index (χ0n) is 17.5. The first-order valence-corrected chi connectivity index (χ1v) is 8.60. The van der Waals surface area contributed by atoms with Crippen molar-refractivity contribution >= 4 is 11.8 Å². The summed E-state index contributed by atoms with van der Waals surface area (Å²) >= 11 is 0. The van der Waals surface area contributed by atoms with Gasteiger partial charge in [-0.2, -0.15) is 0 Å². The molecule has 0 aromatic carbocycles. The largest absolute Gasteiger partial charge is 2.00 e. The molecule has 2 amide bonds. The summed E-state index contributed by atoms with van der Waals surface area (Å²) in [5.74, 6) is -0.495. The number of amides is 2. The van der Waals surface area contributed by atoms with E-state index in [1.807, 2.05) is 6.92 Å². The topological polar surface area (TPSA) is 106 Å². The van der Waals surface area contributed by atoms with Crippen molar-refractivity contribution in [2.24, 2.45) is 0 Å². The van der Waals surface area contributed by atoms with Crippen LogP contribution < -0.4 is 10.6 Å². The normalized spacial score (nSPS) is 9.85. The first-order chi connectivity index (χ1) is 11.9. The number of carbonyl (C=O) groups excluding carboxylic acids is 2. The molecule has 0 unspecified atom stereocenters. The van der Waals surface area contributed by atoms with E-state index in [0.29, 0.717) is 32.9 Å². The van der Waals surface area contributed by atoms with Crippen molar-refractivity contribution in [3.8, 4) is 0 Å². The Labute approximate surface area is 177 Å². The van der Waals surface area contributed by atoms with Crippen molar-refractivity contribution in [1.82, 2.24) is 10.6 Å². The fourth-order valence-electron chi connectivity index (χ4n) is 1.30. The Kier molecular flexibility index (Phi) is 29.4. The maximum absolute atomic E-state index is 11.5. The van der Waals surface area contributed by atoms with Crippen LogP contribution in [0, 0.1) is 14.5 Å². The summed E-state index contributed by atoms with van der Waals surface area (Å²) in [5, 5.41) is 13.3. The SMILES string of the molecule is CCCNC(=O)CO.[CH2-]OC(C)(C)C(=O)NCCOCCOCCC.[CH3-].[V+2]. The number of carbonyl (C=O) groups is 2. The standard InChI is InChI=1S/C12H24NO4.C5H11NO2.CH3.V/c1-5-7-16-9-10-17-8-6-13-11(14)12(2,3)15-4;1-2-3-6-5(8)4-7;;/h4-10H2,1-3H3,(H,13,14);7H,2-4H2,1H3,(H,6,8);1H3;/q-1;;-1;+2. The first kappa shape index (κ1) is 33.9. The van der Waals surface area contributed by atoms with Crippen molar-refractivity contribution in [2.45, 2.75) is 46.1 Å². The predicted octanol–water partition coefficient (Wildman–Crippen LogP) is 1.09. The predicted molar refractivity (Wildman–Crippen MR) is 102 cm³/mol. The summed E-state index contributed by atoms with van der Waals surface area (Å²) in [5.41, 5.74) is -0.899. The molecule has 3 N–H and O–H groups in total. The molecule has 0 aromatic heterocycles. The minimum absolute atomic E-state index is 0. The number of nitrogens with one attached hydrogen (secondary N) is 2. The molecular formula is C18H38N2O6V. The molecule has 0 rings (SSSR count). The molecule has 0 aliphatic rings. The fraction of sp³-hybridized carbons (Fsp3) is 0.778. The molecule has 0 heterocycles. The van der Waals surface area contributed by atoms with Gasteiger partial charge in [0, 0.05) is 19.7 Å². The van der Waals surface area contributed by atoms with E-state index in [1.54, 1.807) is 13.8 Å². The minimum Gasteiger partial charge on any atom is -0.544 e. The summed E-state index contributed by atoms with van der Waals surface area (Å²) in [4.78, 5) is 21.7. The summed E-state index contributed by atoms with van der Waals surface area (Å²) < 4.78 is 15.3. The van der Waals surface area contributed by atoms with Crippen LogP contribution in [0.25, 0.3) is 0 Å². The van der Waals surface area contributed by atoms with Gasteiger partial charge >= 0.3 is 18.6 Å². The Bertz CT molecular complexity index is 344. The van der Waals surface area contributed by atoms with Gasteiger partial charge < -0.3 is 37.4 Å². The van der Waals surface area contributed by atoms with E-state index in [9.17, 15) is 9.59 Å². The Morgan fingerprint density at radius 3 is 1.96 bits per heavy atom. The second kappa shape index (κ2) is 23.4. The molecule has 0 fully saturated rings. The van der Waals surface area contributed by atoms with Crippen LogP contribution in [-0.4, -0.2) is 68.6 Å². The average Bonchev–Trinajstić information content (AvgIpc) is 2.62. The van der Waals surface area contributed by atoms with Crippen LogP contribution in [0.2, 0.25) is 0 Å². The molecular weight excluding hydrogens is 391 g/mol. The summed E-state index contributed by atoms with van der Waals surface area (Å²) in [6, 6.07) is 0. The smallest absolute Gasteiger partial charge is 0.544 e. The van der Waals surface area contributed by atoms with Crippen LogP contribution in [0.5, 0.6) is 0 Å². The number of ether oxygens (including phenoxy) is 3. The van der Waals surface area contributed by atoms with Gasteiger partial charge in [-0.05, 0) is 26.7 Å². The second-order valence-electron chi connectivity index (χ2n) is 5.64. The zero-order chi connectivity index (χ0) is 19.6. The Morgan fingerprint density at radius 2 is 1.52 bits per heavy atom. The quantitative estimate of drug-likeness (QED) is 0.299. The van der Waals surface area contributed by atoms with Gasteiger partial charge in [0.15, 0.2) is 0 Å². The van der Waals surface area contributed by atoms with Gasteiger partial charge in [0.2, 0.25) is 11.8 Å². The van der Waals surface area contributed by atoms with Crippen LogP contribution >= 0.6 is 0 Å². The van der Waals surface area contributed by atoms with Crippen LogP contribution in [0.1, 0.15) is 40.5 Å². The minimum atomic E-state index is -0.899. The molecule has 0 spiro atoms. The molecule has 0 saturated carbocycles. The molecule has 0 saturated heterocycles. The monoisotopic (exact) mass is 429 g/mol. The Morgan fingerprint density at radius 1 is 0.963 bits per heavy atom. The van der Waals surface area contributed by atoms with Gasteiger partial charge in [-0.3, -0.25) is 9.59 Å².